The van der Waals surface area contributed by atoms with Gasteiger partial charge in [-0.3, -0.25) is 9.59 Å². The number of Topliss-reactive ketones (excluding diaryl/α,β-unsaturated/α-hetero) is 2. The molecule has 0 saturated carbocycles. The van der Waals surface area contributed by atoms with Crippen molar-refractivity contribution in [2.75, 3.05) is 0 Å². The Balaban J connectivity index is 4.52. The molecule has 1 atom stereocenters. The van der Waals surface area contributed by atoms with Gasteiger partial charge in [0.05, 0.1) is 5.92 Å². The molecular formula is C9H12O2. The van der Waals surface area contributed by atoms with E-state index >= 15 is 0 Å². The highest BCUT2D eigenvalue weighted by atomic mass is 16.1. The molecule has 1 unspecified atom stereocenters. The third-order valence-corrected chi connectivity index (χ3v) is 1.38. The van der Waals surface area contributed by atoms with Crippen LogP contribution in [-0.2, 0) is 9.59 Å². The van der Waals surface area contributed by atoms with Crippen molar-refractivity contribution in [2.24, 2.45) is 5.92 Å². The van der Waals surface area contributed by atoms with Crippen molar-refractivity contribution in [3.63, 3.8) is 0 Å². The molecule has 0 amide bonds. The van der Waals surface area contributed by atoms with E-state index < -0.39 is 5.92 Å². The maximum atomic E-state index is 11.1. The van der Waals surface area contributed by atoms with Crippen LogP contribution >= 0.6 is 0 Å². The summed E-state index contributed by atoms with van der Waals surface area (Å²) in [5.74, 6) is -1.13. The molecule has 0 saturated heterocycles. The number of carbonyl (C=O) groups is 2. The highest BCUT2D eigenvalue weighted by molar-refractivity contribution is 6.10. The van der Waals surface area contributed by atoms with Crippen LogP contribution < -0.4 is 0 Å². The van der Waals surface area contributed by atoms with Crippen molar-refractivity contribution in [1.29, 1.82) is 0 Å². The van der Waals surface area contributed by atoms with Crippen molar-refractivity contribution in [2.45, 2.75) is 13.8 Å². The maximum absolute atomic E-state index is 11.1. The minimum absolute atomic E-state index is 0.187. The van der Waals surface area contributed by atoms with E-state index in [-0.39, 0.29) is 11.6 Å². The Morgan fingerprint density at radius 1 is 1.36 bits per heavy atom. The number of carbonyl (C=O) groups excluding carboxylic acids is 2. The van der Waals surface area contributed by atoms with E-state index in [1.807, 2.05) is 0 Å². The van der Waals surface area contributed by atoms with Crippen molar-refractivity contribution in [3.05, 3.63) is 24.8 Å². The molecule has 2 heteroatoms. The number of allylic oxidation sites excluding steroid dienone is 2. The van der Waals surface area contributed by atoms with Crippen LogP contribution in [-0.4, -0.2) is 11.6 Å². The van der Waals surface area contributed by atoms with E-state index in [0.29, 0.717) is 5.57 Å². The van der Waals surface area contributed by atoms with E-state index in [4.69, 9.17) is 0 Å². The van der Waals surface area contributed by atoms with Gasteiger partial charge in [0, 0.05) is 0 Å². The van der Waals surface area contributed by atoms with Crippen molar-refractivity contribution < 1.29 is 9.59 Å². The zero-order valence-corrected chi connectivity index (χ0v) is 6.89. The molecule has 0 N–H and O–H groups in total. The van der Waals surface area contributed by atoms with Gasteiger partial charge in [-0.25, -0.2) is 0 Å². The fourth-order valence-corrected chi connectivity index (χ4v) is 0.723. The van der Waals surface area contributed by atoms with Gasteiger partial charge in [-0.1, -0.05) is 12.7 Å². The highest BCUT2D eigenvalue weighted by Crippen LogP contribution is 2.06. The van der Waals surface area contributed by atoms with Gasteiger partial charge in [0.2, 0.25) is 0 Å². The molecule has 60 valence electrons. The Morgan fingerprint density at radius 3 is 1.91 bits per heavy atom. The van der Waals surface area contributed by atoms with Gasteiger partial charge in [0.15, 0.2) is 5.78 Å². The standard InChI is InChI=1S/C9H12O2/c1-5-8(7(4)10)9(11)6(2)3/h5,8H,1-2H2,3-4H3. The van der Waals surface area contributed by atoms with Gasteiger partial charge in [0.25, 0.3) is 0 Å². The summed E-state index contributed by atoms with van der Waals surface area (Å²) in [6.07, 6.45) is 1.35. The minimum Gasteiger partial charge on any atom is -0.299 e. The van der Waals surface area contributed by atoms with Gasteiger partial charge in [-0.15, -0.1) is 6.58 Å². The quantitative estimate of drug-likeness (QED) is 0.348. The van der Waals surface area contributed by atoms with E-state index in [1.165, 1.54) is 13.0 Å². The fraction of sp³-hybridized carbons (Fsp3) is 0.333. The first-order valence-corrected chi connectivity index (χ1v) is 3.33. The van der Waals surface area contributed by atoms with Crippen LogP contribution in [0.4, 0.5) is 0 Å². The first-order chi connectivity index (χ1) is 5.00. The van der Waals surface area contributed by atoms with Gasteiger partial charge in [-0.05, 0) is 19.4 Å². The average molecular weight is 152 g/mol. The van der Waals surface area contributed by atoms with Crippen molar-refractivity contribution in [1.82, 2.24) is 0 Å². The average Bonchev–Trinajstić information content (AvgIpc) is 1.88. The fourth-order valence-electron chi connectivity index (χ4n) is 0.723. The van der Waals surface area contributed by atoms with Crippen LogP contribution in [0.1, 0.15) is 13.8 Å². The maximum Gasteiger partial charge on any atom is 0.172 e. The summed E-state index contributed by atoms with van der Waals surface area (Å²) in [7, 11) is 0. The molecule has 0 aliphatic rings. The molecular weight excluding hydrogens is 140 g/mol. The van der Waals surface area contributed by atoms with Gasteiger partial charge < -0.3 is 0 Å². The summed E-state index contributed by atoms with van der Waals surface area (Å²) in [6.45, 7) is 9.81. The molecule has 0 aromatic carbocycles. The van der Waals surface area contributed by atoms with E-state index in [9.17, 15) is 9.59 Å². The molecule has 0 spiro atoms. The summed E-state index contributed by atoms with van der Waals surface area (Å²) in [6, 6.07) is 0. The van der Waals surface area contributed by atoms with E-state index in [1.54, 1.807) is 6.92 Å². The monoisotopic (exact) mass is 152 g/mol. The van der Waals surface area contributed by atoms with E-state index in [0.717, 1.165) is 0 Å². The third kappa shape index (κ3) is 2.50. The molecule has 0 radical (unpaired) electrons. The van der Waals surface area contributed by atoms with E-state index in [2.05, 4.69) is 13.2 Å². The van der Waals surface area contributed by atoms with Crippen LogP contribution in [0.2, 0.25) is 0 Å². The smallest absolute Gasteiger partial charge is 0.172 e. The number of hydrogen-bond acceptors (Lipinski definition) is 2. The Bertz CT molecular complexity index is 214. The van der Waals surface area contributed by atoms with Crippen LogP contribution in [0, 0.1) is 5.92 Å². The first kappa shape index (κ1) is 9.82. The molecule has 0 aromatic rings. The predicted octanol–water partition coefficient (Wildman–Crippen LogP) is 1.52. The zero-order valence-electron chi connectivity index (χ0n) is 6.89. The van der Waals surface area contributed by atoms with Crippen LogP contribution in [0.5, 0.6) is 0 Å². The molecule has 2 nitrogen and oxygen atoms in total. The summed E-state index contributed by atoms with van der Waals surface area (Å²) in [5, 5.41) is 0. The Hall–Kier alpha value is -1.18. The molecule has 0 rings (SSSR count). The van der Waals surface area contributed by atoms with Gasteiger partial charge >= 0.3 is 0 Å². The minimum atomic E-state index is -0.701. The topological polar surface area (TPSA) is 34.1 Å². The highest BCUT2D eigenvalue weighted by Gasteiger charge is 2.19. The summed E-state index contributed by atoms with van der Waals surface area (Å²) >= 11 is 0. The molecule has 11 heavy (non-hydrogen) atoms. The largest absolute Gasteiger partial charge is 0.299 e. The number of ketones is 2. The Morgan fingerprint density at radius 2 is 1.82 bits per heavy atom. The lowest BCUT2D eigenvalue weighted by atomic mass is 9.96. The van der Waals surface area contributed by atoms with Crippen LogP contribution in [0.25, 0.3) is 0 Å². The van der Waals surface area contributed by atoms with Gasteiger partial charge in [-0.2, -0.15) is 0 Å². The number of rotatable bonds is 4. The normalized spacial score (nSPS) is 11.8. The van der Waals surface area contributed by atoms with Gasteiger partial charge in [0.1, 0.15) is 5.78 Å². The molecule has 0 heterocycles. The second-order valence-electron chi connectivity index (χ2n) is 2.47. The van der Waals surface area contributed by atoms with Crippen molar-refractivity contribution in [3.8, 4) is 0 Å². The second-order valence-corrected chi connectivity index (χ2v) is 2.47. The lowest BCUT2D eigenvalue weighted by molar-refractivity contribution is -0.127. The van der Waals surface area contributed by atoms with Crippen molar-refractivity contribution >= 4 is 11.6 Å². The summed E-state index contributed by atoms with van der Waals surface area (Å²) in [4.78, 5) is 21.9. The lowest BCUT2D eigenvalue weighted by Gasteiger charge is -2.05. The second kappa shape index (κ2) is 3.86. The SMILES string of the molecule is C=CC(C(C)=O)C(=O)C(=C)C. The molecule has 0 aromatic heterocycles. The molecule has 0 aliphatic carbocycles. The molecule has 0 fully saturated rings. The molecule has 0 aliphatic heterocycles. The Labute approximate surface area is 66.6 Å². The summed E-state index contributed by atoms with van der Waals surface area (Å²) < 4.78 is 0. The van der Waals surface area contributed by atoms with Crippen LogP contribution in [0.15, 0.2) is 24.8 Å². The van der Waals surface area contributed by atoms with Crippen LogP contribution in [0.3, 0.4) is 0 Å². The lowest BCUT2D eigenvalue weighted by Crippen LogP contribution is -2.19. The Kier molecular flexibility index (Phi) is 3.45. The number of hydrogen-bond donors (Lipinski definition) is 0. The predicted molar refractivity (Wildman–Crippen MR) is 44.2 cm³/mol. The molecule has 0 bridgehead atoms. The third-order valence-electron chi connectivity index (χ3n) is 1.38. The first-order valence-electron chi connectivity index (χ1n) is 3.33. The zero-order chi connectivity index (χ0) is 9.02. The summed E-state index contributed by atoms with van der Waals surface area (Å²) in [5.41, 5.74) is 0.394.